The van der Waals surface area contributed by atoms with Gasteiger partial charge < -0.3 is 11.1 Å². The largest absolute Gasteiger partial charge is 0.416 e. The zero-order valence-corrected chi connectivity index (χ0v) is 18.9. The first kappa shape index (κ1) is 23.5. The van der Waals surface area contributed by atoms with Gasteiger partial charge in [-0.25, -0.2) is 0 Å². The van der Waals surface area contributed by atoms with Crippen LogP contribution >= 0.6 is 11.3 Å². The summed E-state index contributed by atoms with van der Waals surface area (Å²) in [4.78, 5) is 13.5. The van der Waals surface area contributed by atoms with Gasteiger partial charge in [0.25, 0.3) is 0 Å². The van der Waals surface area contributed by atoms with Gasteiger partial charge in [-0.2, -0.15) is 13.2 Å². The van der Waals surface area contributed by atoms with Gasteiger partial charge in [0.2, 0.25) is 5.91 Å². The maximum absolute atomic E-state index is 12.7. The maximum Gasteiger partial charge on any atom is 0.416 e. The second-order valence-electron chi connectivity index (χ2n) is 7.75. The van der Waals surface area contributed by atoms with Crippen LogP contribution in [0.5, 0.6) is 0 Å². The average Bonchev–Trinajstić information content (AvgIpc) is 3.50. The molecular weight excluding hydrogens is 463 g/mol. The van der Waals surface area contributed by atoms with Gasteiger partial charge in [-0.3, -0.25) is 9.48 Å². The van der Waals surface area contributed by atoms with Gasteiger partial charge in [0.05, 0.1) is 22.6 Å². The van der Waals surface area contributed by atoms with Crippen molar-refractivity contribution in [1.82, 2.24) is 15.0 Å². The lowest BCUT2D eigenvalue weighted by Crippen LogP contribution is -2.13. The molecule has 6 nitrogen and oxygen atoms in total. The molecular formula is C24H22F3N5OS. The first-order valence-corrected chi connectivity index (χ1v) is 11.4. The second kappa shape index (κ2) is 10.1. The summed E-state index contributed by atoms with van der Waals surface area (Å²) < 4.78 is 39.6. The molecule has 4 rings (SSSR count). The molecule has 0 aliphatic heterocycles. The lowest BCUT2D eigenvalue weighted by Gasteiger charge is -2.09. The number of nitrogens with two attached hydrogens (primary N) is 1. The number of aromatic nitrogens is 3. The van der Waals surface area contributed by atoms with Gasteiger partial charge in [0.15, 0.2) is 0 Å². The Bertz CT molecular complexity index is 1250. The number of hydrogen-bond acceptors (Lipinski definition) is 5. The predicted octanol–water partition coefficient (Wildman–Crippen LogP) is 5.42. The molecule has 0 radical (unpaired) electrons. The molecule has 0 aliphatic rings. The number of alkyl halides is 3. The number of nitrogen functional groups attached to an aromatic ring is 1. The van der Waals surface area contributed by atoms with Crippen molar-refractivity contribution in [3.8, 4) is 10.4 Å². The minimum absolute atomic E-state index is 0.186. The summed E-state index contributed by atoms with van der Waals surface area (Å²) in [5.74, 6) is -0.186. The fourth-order valence-electron chi connectivity index (χ4n) is 3.38. The highest BCUT2D eigenvalue weighted by atomic mass is 32.1. The summed E-state index contributed by atoms with van der Waals surface area (Å²) in [6.07, 6.45) is -1.48. The van der Waals surface area contributed by atoms with Crippen LogP contribution in [0.4, 0.5) is 24.5 Å². The van der Waals surface area contributed by atoms with E-state index in [0.29, 0.717) is 36.5 Å². The first-order chi connectivity index (χ1) is 16.3. The van der Waals surface area contributed by atoms with E-state index in [1.165, 1.54) is 12.1 Å². The van der Waals surface area contributed by atoms with E-state index in [1.54, 1.807) is 28.3 Å². The fraction of sp³-hybridized carbons (Fsp3) is 0.208. The number of benzene rings is 2. The van der Waals surface area contributed by atoms with Crippen LogP contribution in [0.2, 0.25) is 0 Å². The van der Waals surface area contributed by atoms with Crippen molar-refractivity contribution < 1.29 is 18.0 Å². The van der Waals surface area contributed by atoms with Crippen LogP contribution in [0.15, 0.2) is 66.2 Å². The zero-order valence-electron chi connectivity index (χ0n) is 18.0. The van der Waals surface area contributed by atoms with E-state index in [0.717, 1.165) is 28.1 Å². The Morgan fingerprint density at radius 2 is 1.88 bits per heavy atom. The Morgan fingerprint density at radius 3 is 2.59 bits per heavy atom. The molecule has 1 amide bonds. The maximum atomic E-state index is 12.7. The Balaban J connectivity index is 1.28. The summed E-state index contributed by atoms with van der Waals surface area (Å²) in [5, 5.41) is 13.0. The Labute approximate surface area is 198 Å². The highest BCUT2D eigenvalue weighted by Crippen LogP contribution is 2.30. The van der Waals surface area contributed by atoms with E-state index in [9.17, 15) is 18.0 Å². The number of nitrogens with zero attached hydrogens (tertiary/aromatic N) is 3. The van der Waals surface area contributed by atoms with E-state index in [4.69, 9.17) is 5.73 Å². The van der Waals surface area contributed by atoms with Gasteiger partial charge in [0, 0.05) is 30.5 Å². The predicted molar refractivity (Wildman–Crippen MR) is 126 cm³/mol. The molecule has 0 saturated carbocycles. The average molecular weight is 486 g/mol. The summed E-state index contributed by atoms with van der Waals surface area (Å²) in [7, 11) is 0. The normalized spacial score (nSPS) is 11.5. The van der Waals surface area contributed by atoms with Crippen molar-refractivity contribution in [2.24, 2.45) is 0 Å². The molecule has 0 atom stereocenters. The highest BCUT2D eigenvalue weighted by molar-refractivity contribution is 7.13. The lowest BCUT2D eigenvalue weighted by atomic mass is 10.1. The Kier molecular flexibility index (Phi) is 6.97. The van der Waals surface area contributed by atoms with Gasteiger partial charge >= 0.3 is 6.18 Å². The number of amides is 1. The molecule has 2 heterocycles. The van der Waals surface area contributed by atoms with E-state index in [2.05, 4.69) is 15.6 Å². The van der Waals surface area contributed by atoms with Crippen LogP contribution < -0.4 is 11.1 Å². The summed E-state index contributed by atoms with van der Waals surface area (Å²) >= 11 is 1.61. The van der Waals surface area contributed by atoms with Crippen LogP contribution in [-0.2, 0) is 30.4 Å². The highest BCUT2D eigenvalue weighted by Gasteiger charge is 2.29. The third kappa shape index (κ3) is 6.02. The van der Waals surface area contributed by atoms with E-state index in [-0.39, 0.29) is 12.3 Å². The number of nitrogens with one attached hydrogen (secondary N) is 1. The number of halogens is 3. The molecule has 3 N–H and O–H groups in total. The zero-order chi connectivity index (χ0) is 24.1. The van der Waals surface area contributed by atoms with Crippen molar-refractivity contribution in [3.05, 3.63) is 83.0 Å². The number of hydrogen-bond donors (Lipinski definition) is 2. The van der Waals surface area contributed by atoms with Crippen LogP contribution in [0.25, 0.3) is 10.4 Å². The molecule has 0 aliphatic carbocycles. The van der Waals surface area contributed by atoms with Crippen molar-refractivity contribution >= 4 is 28.6 Å². The fourth-order valence-corrected chi connectivity index (χ4v) is 4.11. The van der Waals surface area contributed by atoms with Gasteiger partial charge in [-0.05, 0) is 53.3 Å². The van der Waals surface area contributed by atoms with Crippen LogP contribution in [0, 0.1) is 0 Å². The summed E-state index contributed by atoms with van der Waals surface area (Å²) in [6, 6.07) is 14.6. The van der Waals surface area contributed by atoms with Crippen molar-refractivity contribution in [2.45, 2.75) is 32.0 Å². The third-order valence-corrected chi connectivity index (χ3v) is 6.16. The molecule has 0 spiro atoms. The molecule has 0 unspecified atom stereocenters. The Hall–Kier alpha value is -3.66. The molecule has 0 bridgehead atoms. The van der Waals surface area contributed by atoms with E-state index in [1.807, 2.05) is 29.6 Å². The number of carbonyl (C=O) groups excluding carboxylic acids is 1. The molecule has 34 heavy (non-hydrogen) atoms. The van der Waals surface area contributed by atoms with Crippen LogP contribution in [0.1, 0.15) is 23.2 Å². The smallest absolute Gasteiger partial charge is 0.397 e. The molecule has 0 fully saturated rings. The number of thiophene rings is 1. The number of rotatable bonds is 8. The summed E-state index contributed by atoms with van der Waals surface area (Å²) in [5.41, 5.74) is 8.81. The minimum Gasteiger partial charge on any atom is -0.397 e. The molecule has 176 valence electrons. The monoisotopic (exact) mass is 485 g/mol. The number of carbonyl (C=O) groups is 1. The molecule has 10 heteroatoms. The third-order valence-electron chi connectivity index (χ3n) is 5.24. The van der Waals surface area contributed by atoms with E-state index >= 15 is 0 Å². The summed E-state index contributed by atoms with van der Waals surface area (Å²) in [6.45, 7) is 0.469. The second-order valence-corrected chi connectivity index (χ2v) is 8.69. The lowest BCUT2D eigenvalue weighted by molar-refractivity contribution is -0.137. The van der Waals surface area contributed by atoms with Gasteiger partial charge in [-0.15, -0.1) is 16.4 Å². The quantitative estimate of drug-likeness (QED) is 0.326. The molecule has 0 saturated heterocycles. The van der Waals surface area contributed by atoms with Crippen LogP contribution in [0.3, 0.4) is 0 Å². The number of aryl methyl sites for hydroxylation is 3. The van der Waals surface area contributed by atoms with Gasteiger partial charge in [0.1, 0.15) is 0 Å². The molecule has 2 aromatic heterocycles. The minimum atomic E-state index is -4.34. The van der Waals surface area contributed by atoms with Crippen LogP contribution in [-0.4, -0.2) is 20.9 Å². The topological polar surface area (TPSA) is 85.8 Å². The SMILES string of the molecule is Nc1ccc(-c2cccs2)cc1NC(=O)CCc1cn(CCc2ccc(C(F)(F)F)cc2)nn1. The van der Waals surface area contributed by atoms with E-state index < -0.39 is 11.7 Å². The number of anilines is 2. The van der Waals surface area contributed by atoms with Crippen molar-refractivity contribution in [3.63, 3.8) is 0 Å². The van der Waals surface area contributed by atoms with Crippen molar-refractivity contribution in [1.29, 1.82) is 0 Å². The Morgan fingerprint density at radius 1 is 1.09 bits per heavy atom. The van der Waals surface area contributed by atoms with Crippen molar-refractivity contribution in [2.75, 3.05) is 11.1 Å². The standard InChI is InChI=1S/C24H22F3N5OS/c25-24(26,27)18-6-3-16(4-7-18)11-12-32-15-19(30-31-32)8-10-23(33)29-21-14-17(5-9-20(21)28)22-2-1-13-34-22/h1-7,9,13-15H,8,10-12,28H2,(H,29,33). The molecule has 2 aromatic carbocycles. The van der Waals surface area contributed by atoms with Gasteiger partial charge in [-0.1, -0.05) is 29.5 Å². The molecule has 4 aromatic rings. The first-order valence-electron chi connectivity index (χ1n) is 10.6.